The normalized spacial score (nSPS) is 19.3. The monoisotopic (exact) mass is 304 g/mol. The van der Waals surface area contributed by atoms with E-state index in [2.05, 4.69) is 5.32 Å². The van der Waals surface area contributed by atoms with Crippen LogP contribution in [0.2, 0.25) is 0 Å². The van der Waals surface area contributed by atoms with Crippen molar-refractivity contribution in [1.29, 1.82) is 0 Å². The number of hydrogen-bond donors (Lipinski definition) is 1. The number of benzene rings is 1. The van der Waals surface area contributed by atoms with E-state index in [0.717, 1.165) is 4.90 Å². The number of nitrogens with one attached hydrogen (secondary N) is 1. The van der Waals surface area contributed by atoms with Gasteiger partial charge in [0.05, 0.1) is 6.61 Å². The highest BCUT2D eigenvalue weighted by molar-refractivity contribution is 6.07. The zero-order valence-corrected chi connectivity index (χ0v) is 12.9. The van der Waals surface area contributed by atoms with Gasteiger partial charge in [-0.2, -0.15) is 0 Å². The lowest BCUT2D eigenvalue weighted by molar-refractivity contribution is -0.152. The summed E-state index contributed by atoms with van der Waals surface area (Å²) in [5.74, 6) is -0.826. The first-order valence-corrected chi connectivity index (χ1v) is 7.27. The van der Waals surface area contributed by atoms with Crippen LogP contribution in [0.4, 0.5) is 4.79 Å². The smallest absolute Gasteiger partial charge is 0.329 e. The molecule has 0 aliphatic carbocycles. The molecule has 2 unspecified atom stereocenters. The van der Waals surface area contributed by atoms with Gasteiger partial charge >= 0.3 is 12.0 Å². The summed E-state index contributed by atoms with van der Waals surface area (Å²) in [6, 6.07) is 6.65. The summed E-state index contributed by atoms with van der Waals surface area (Å²) in [5.41, 5.74) is 0.686. The third-order valence-corrected chi connectivity index (χ3v) is 3.39. The lowest BCUT2D eigenvalue weighted by Gasteiger charge is -2.20. The molecule has 1 aliphatic heterocycles. The first-order valence-electron chi connectivity index (χ1n) is 7.27. The first kappa shape index (κ1) is 16.0. The molecule has 1 fully saturated rings. The molecule has 6 heteroatoms. The van der Waals surface area contributed by atoms with Crippen LogP contribution in [0.3, 0.4) is 0 Å². The molecule has 0 radical (unpaired) electrons. The van der Waals surface area contributed by atoms with Crippen LogP contribution in [-0.2, 0) is 14.3 Å². The molecule has 3 amide bonds. The summed E-state index contributed by atoms with van der Waals surface area (Å²) in [4.78, 5) is 37.4. The van der Waals surface area contributed by atoms with E-state index in [4.69, 9.17) is 4.74 Å². The van der Waals surface area contributed by atoms with Crippen LogP contribution in [0, 0.1) is 5.92 Å². The van der Waals surface area contributed by atoms with Gasteiger partial charge in [0.25, 0.3) is 5.91 Å². The molecule has 0 saturated carbocycles. The molecular formula is C16H20N2O4. The molecule has 0 aromatic heterocycles. The van der Waals surface area contributed by atoms with Crippen molar-refractivity contribution in [2.45, 2.75) is 32.9 Å². The van der Waals surface area contributed by atoms with E-state index >= 15 is 0 Å². The van der Waals surface area contributed by atoms with Crippen LogP contribution in [0.5, 0.6) is 0 Å². The number of imide groups is 1. The van der Waals surface area contributed by atoms with Crippen molar-refractivity contribution in [2.75, 3.05) is 6.61 Å². The number of amides is 3. The maximum Gasteiger partial charge on any atom is 0.329 e. The fraction of sp³-hybridized carbons (Fsp3) is 0.438. The van der Waals surface area contributed by atoms with E-state index in [1.54, 1.807) is 24.3 Å². The summed E-state index contributed by atoms with van der Waals surface area (Å²) in [6.45, 7) is 5.58. The molecule has 22 heavy (non-hydrogen) atoms. The van der Waals surface area contributed by atoms with Gasteiger partial charge in [-0.15, -0.1) is 0 Å². The molecule has 0 spiro atoms. The average molecular weight is 304 g/mol. The number of hydrogen-bond acceptors (Lipinski definition) is 4. The third kappa shape index (κ3) is 3.27. The van der Waals surface area contributed by atoms with Gasteiger partial charge in [-0.3, -0.25) is 4.79 Å². The molecule has 6 nitrogen and oxygen atoms in total. The highest BCUT2D eigenvalue weighted by Crippen LogP contribution is 2.23. The predicted molar refractivity (Wildman–Crippen MR) is 79.8 cm³/mol. The van der Waals surface area contributed by atoms with Gasteiger partial charge in [0.2, 0.25) is 0 Å². The molecule has 1 N–H and O–H groups in total. The van der Waals surface area contributed by atoms with Crippen LogP contribution in [0.15, 0.2) is 30.3 Å². The second-order valence-corrected chi connectivity index (χ2v) is 5.70. The topological polar surface area (TPSA) is 75.7 Å². The first-order chi connectivity index (χ1) is 10.4. The van der Waals surface area contributed by atoms with Crippen LogP contribution < -0.4 is 5.32 Å². The molecule has 2 rings (SSSR count). The Bertz CT molecular complexity index is 571. The average Bonchev–Trinajstić information content (AvgIpc) is 2.80. The quantitative estimate of drug-likeness (QED) is 0.665. The van der Waals surface area contributed by atoms with Gasteiger partial charge in [-0.05, 0) is 18.4 Å². The number of carbonyl (C=O) groups is 3. The van der Waals surface area contributed by atoms with Crippen LogP contribution in [0.25, 0.3) is 0 Å². The van der Waals surface area contributed by atoms with Gasteiger partial charge < -0.3 is 10.1 Å². The fourth-order valence-corrected chi connectivity index (χ4v) is 2.21. The number of ether oxygens (including phenoxy) is 1. The van der Waals surface area contributed by atoms with E-state index in [9.17, 15) is 14.4 Å². The molecule has 1 aromatic carbocycles. The van der Waals surface area contributed by atoms with Crippen LogP contribution in [-0.4, -0.2) is 35.5 Å². The van der Waals surface area contributed by atoms with Crippen molar-refractivity contribution in [3.05, 3.63) is 35.9 Å². The van der Waals surface area contributed by atoms with Gasteiger partial charge in [-0.25, -0.2) is 14.5 Å². The maximum absolute atomic E-state index is 12.4. The van der Waals surface area contributed by atoms with Crippen LogP contribution >= 0.6 is 0 Å². The Morgan fingerprint density at radius 3 is 2.45 bits per heavy atom. The zero-order valence-electron chi connectivity index (χ0n) is 12.9. The van der Waals surface area contributed by atoms with Gasteiger partial charge in [0, 0.05) is 0 Å². The lowest BCUT2D eigenvalue weighted by atomic mass is 10.1. The number of rotatable bonds is 5. The Morgan fingerprint density at radius 2 is 1.86 bits per heavy atom. The van der Waals surface area contributed by atoms with E-state index < -0.39 is 30.0 Å². The zero-order chi connectivity index (χ0) is 16.3. The molecule has 118 valence electrons. The van der Waals surface area contributed by atoms with E-state index in [0.29, 0.717) is 5.56 Å². The molecular weight excluding hydrogens is 284 g/mol. The largest absolute Gasteiger partial charge is 0.464 e. The Balaban J connectivity index is 2.10. The Kier molecular flexibility index (Phi) is 4.80. The molecule has 1 saturated heterocycles. The number of nitrogens with zero attached hydrogens (tertiary/aromatic N) is 1. The van der Waals surface area contributed by atoms with E-state index in [1.807, 2.05) is 19.9 Å². The minimum atomic E-state index is -0.944. The van der Waals surface area contributed by atoms with Crippen LogP contribution in [0.1, 0.15) is 32.4 Å². The Labute approximate surface area is 129 Å². The lowest BCUT2D eigenvalue weighted by Crippen LogP contribution is -2.44. The summed E-state index contributed by atoms with van der Waals surface area (Å²) < 4.78 is 5.10. The van der Waals surface area contributed by atoms with Crippen molar-refractivity contribution >= 4 is 17.9 Å². The Morgan fingerprint density at radius 1 is 1.23 bits per heavy atom. The van der Waals surface area contributed by atoms with Gasteiger partial charge in [0.15, 0.2) is 0 Å². The van der Waals surface area contributed by atoms with Crippen molar-refractivity contribution in [3.8, 4) is 0 Å². The van der Waals surface area contributed by atoms with Crippen molar-refractivity contribution in [2.24, 2.45) is 5.92 Å². The van der Waals surface area contributed by atoms with Gasteiger partial charge in [-0.1, -0.05) is 44.2 Å². The van der Waals surface area contributed by atoms with Crippen molar-refractivity contribution in [3.63, 3.8) is 0 Å². The second-order valence-electron chi connectivity index (χ2n) is 5.70. The summed E-state index contributed by atoms with van der Waals surface area (Å²) in [6.07, 6.45) is 0. The highest BCUT2D eigenvalue weighted by Gasteiger charge is 2.44. The number of urea groups is 1. The van der Waals surface area contributed by atoms with Crippen molar-refractivity contribution in [1.82, 2.24) is 10.2 Å². The highest BCUT2D eigenvalue weighted by atomic mass is 16.5. The molecule has 1 aromatic rings. The fourth-order valence-electron chi connectivity index (χ4n) is 2.21. The third-order valence-electron chi connectivity index (χ3n) is 3.39. The number of esters is 1. The molecule has 2 atom stereocenters. The minimum absolute atomic E-state index is 0.191. The Hall–Kier alpha value is -2.37. The summed E-state index contributed by atoms with van der Waals surface area (Å²) >= 11 is 0. The predicted octanol–water partition coefficient (Wildman–Crippen LogP) is 1.87. The standard InChI is InChI=1S/C16H20N2O4/c1-10(2)9-22-15(20)11(3)18-14(19)13(17-16(18)21)12-7-5-4-6-8-12/h4-8,10-11,13H,9H2,1-3H3,(H,17,21). The molecule has 1 heterocycles. The summed E-state index contributed by atoms with van der Waals surface area (Å²) in [5, 5.41) is 2.60. The maximum atomic E-state index is 12.4. The molecule has 0 bridgehead atoms. The van der Waals surface area contributed by atoms with Crippen molar-refractivity contribution < 1.29 is 19.1 Å². The summed E-state index contributed by atoms with van der Waals surface area (Å²) in [7, 11) is 0. The number of carbonyl (C=O) groups excluding carboxylic acids is 3. The second kappa shape index (κ2) is 6.60. The van der Waals surface area contributed by atoms with E-state index in [1.165, 1.54) is 6.92 Å². The molecule has 1 aliphatic rings. The SMILES string of the molecule is CC(C)COC(=O)C(C)N1C(=O)NC(c2ccccc2)C1=O. The van der Waals surface area contributed by atoms with E-state index in [-0.39, 0.29) is 12.5 Å². The van der Waals surface area contributed by atoms with Gasteiger partial charge in [0.1, 0.15) is 12.1 Å². The minimum Gasteiger partial charge on any atom is -0.464 e.